The Morgan fingerprint density at radius 3 is 2.59 bits per heavy atom. The molecule has 0 radical (unpaired) electrons. The highest BCUT2D eigenvalue weighted by Gasteiger charge is 2.21. The van der Waals surface area contributed by atoms with Crippen molar-refractivity contribution in [2.75, 3.05) is 11.9 Å². The number of hydrogen-bond acceptors (Lipinski definition) is 2. The van der Waals surface area contributed by atoms with E-state index in [1.165, 1.54) is 16.7 Å². The molecule has 0 saturated heterocycles. The molecule has 0 amide bonds. The number of thiocarbonyl (C=S) groups is 1. The lowest BCUT2D eigenvalue weighted by Crippen LogP contribution is -2.35. The summed E-state index contributed by atoms with van der Waals surface area (Å²) in [5.41, 5.74) is 4.63. The number of fused-ring (bicyclic) bond motifs is 1. The van der Waals surface area contributed by atoms with Gasteiger partial charge in [0.15, 0.2) is 5.11 Å². The molecule has 4 heteroatoms. The summed E-state index contributed by atoms with van der Waals surface area (Å²) in [5.74, 6) is 0.945. The number of anilines is 1. The Balaban J connectivity index is 1.73. The summed E-state index contributed by atoms with van der Waals surface area (Å²) in [7, 11) is 0. The maximum Gasteiger partial charge on any atom is 0.171 e. The average molecular weight is 312 g/mol. The van der Waals surface area contributed by atoms with Gasteiger partial charge < -0.3 is 15.4 Å². The van der Waals surface area contributed by atoms with Crippen LogP contribution in [0.3, 0.4) is 0 Å². The van der Waals surface area contributed by atoms with Gasteiger partial charge in [0.2, 0.25) is 0 Å². The second-order valence-electron chi connectivity index (χ2n) is 5.59. The number of benzene rings is 2. The minimum absolute atomic E-state index is 0.189. The van der Waals surface area contributed by atoms with E-state index < -0.39 is 0 Å². The second kappa shape index (κ2) is 6.36. The molecule has 0 aromatic heterocycles. The molecule has 1 heterocycles. The number of aryl methyl sites for hydroxylation is 2. The van der Waals surface area contributed by atoms with Crippen LogP contribution in [0.1, 0.15) is 29.2 Å². The zero-order valence-electron chi connectivity index (χ0n) is 12.8. The highest BCUT2D eigenvalue weighted by Crippen LogP contribution is 2.31. The van der Waals surface area contributed by atoms with Crippen LogP contribution in [0.15, 0.2) is 42.5 Å². The monoisotopic (exact) mass is 312 g/mol. The molecular weight excluding hydrogens is 292 g/mol. The first-order valence-electron chi connectivity index (χ1n) is 7.50. The molecule has 22 heavy (non-hydrogen) atoms. The van der Waals surface area contributed by atoms with Crippen molar-refractivity contribution in [1.82, 2.24) is 5.32 Å². The van der Waals surface area contributed by atoms with Crippen molar-refractivity contribution in [2.24, 2.45) is 0 Å². The van der Waals surface area contributed by atoms with Crippen LogP contribution in [0, 0.1) is 13.8 Å². The molecule has 1 aliphatic heterocycles. The standard InChI is InChI=1S/C18H20N2OS/c1-12-6-5-7-13(2)17(12)20-18(22)19-15-10-11-21-16-9-4-3-8-14(15)16/h3-9,15H,10-11H2,1-2H3,(H2,19,20,22)/t15-/m0/s1. The molecule has 1 aliphatic rings. The van der Waals surface area contributed by atoms with Crippen molar-refractivity contribution in [3.63, 3.8) is 0 Å². The molecule has 2 N–H and O–H groups in total. The maximum atomic E-state index is 5.69. The summed E-state index contributed by atoms with van der Waals surface area (Å²) in [5, 5.41) is 7.41. The van der Waals surface area contributed by atoms with E-state index in [1.807, 2.05) is 18.2 Å². The van der Waals surface area contributed by atoms with Crippen LogP contribution in [0.4, 0.5) is 5.69 Å². The number of hydrogen-bond donors (Lipinski definition) is 2. The van der Waals surface area contributed by atoms with Crippen LogP contribution < -0.4 is 15.4 Å². The smallest absolute Gasteiger partial charge is 0.171 e. The van der Waals surface area contributed by atoms with E-state index in [-0.39, 0.29) is 6.04 Å². The van der Waals surface area contributed by atoms with E-state index in [1.54, 1.807) is 0 Å². The molecule has 0 fully saturated rings. The average Bonchev–Trinajstić information content (AvgIpc) is 2.51. The Morgan fingerprint density at radius 2 is 1.82 bits per heavy atom. The lowest BCUT2D eigenvalue weighted by atomic mass is 10.0. The van der Waals surface area contributed by atoms with E-state index in [9.17, 15) is 0 Å². The minimum Gasteiger partial charge on any atom is -0.493 e. The van der Waals surface area contributed by atoms with Gasteiger partial charge in [0.25, 0.3) is 0 Å². The molecule has 3 nitrogen and oxygen atoms in total. The summed E-state index contributed by atoms with van der Waals surface area (Å²) in [6.07, 6.45) is 0.908. The fraction of sp³-hybridized carbons (Fsp3) is 0.278. The first-order chi connectivity index (χ1) is 10.6. The third-order valence-corrected chi connectivity index (χ3v) is 4.20. The molecule has 0 bridgehead atoms. The Kier molecular flexibility index (Phi) is 4.29. The van der Waals surface area contributed by atoms with Gasteiger partial charge in [-0.25, -0.2) is 0 Å². The summed E-state index contributed by atoms with van der Waals surface area (Å²) < 4.78 is 5.69. The molecule has 0 aliphatic carbocycles. The van der Waals surface area contributed by atoms with Gasteiger partial charge in [-0.2, -0.15) is 0 Å². The van der Waals surface area contributed by atoms with Gasteiger partial charge >= 0.3 is 0 Å². The minimum atomic E-state index is 0.189. The summed E-state index contributed by atoms with van der Waals surface area (Å²) >= 11 is 5.50. The molecule has 3 rings (SSSR count). The van der Waals surface area contributed by atoms with Crippen molar-refractivity contribution in [3.8, 4) is 5.75 Å². The van der Waals surface area contributed by atoms with Crippen molar-refractivity contribution < 1.29 is 4.74 Å². The Morgan fingerprint density at radius 1 is 1.09 bits per heavy atom. The molecular formula is C18H20N2OS. The van der Waals surface area contributed by atoms with Crippen LogP contribution in [-0.4, -0.2) is 11.7 Å². The molecule has 1 atom stereocenters. The first-order valence-corrected chi connectivity index (χ1v) is 7.91. The quantitative estimate of drug-likeness (QED) is 0.818. The Bertz CT molecular complexity index is 679. The molecule has 2 aromatic carbocycles. The predicted octanol–water partition coefficient (Wildman–Crippen LogP) is 4.11. The van der Waals surface area contributed by atoms with E-state index in [0.717, 1.165) is 17.9 Å². The van der Waals surface area contributed by atoms with Gasteiger partial charge in [-0.1, -0.05) is 36.4 Å². The van der Waals surface area contributed by atoms with Gasteiger partial charge in [0.1, 0.15) is 5.75 Å². The predicted molar refractivity (Wildman–Crippen MR) is 94.6 cm³/mol. The molecule has 2 aromatic rings. The third-order valence-electron chi connectivity index (χ3n) is 3.98. The Hall–Kier alpha value is -2.07. The SMILES string of the molecule is Cc1cccc(C)c1NC(=S)N[C@H]1CCOc2ccccc21. The van der Waals surface area contributed by atoms with E-state index in [2.05, 4.69) is 48.7 Å². The van der Waals surface area contributed by atoms with Crippen LogP contribution >= 0.6 is 12.2 Å². The van der Waals surface area contributed by atoms with Crippen molar-refractivity contribution >= 4 is 23.0 Å². The number of nitrogens with one attached hydrogen (secondary N) is 2. The van der Waals surface area contributed by atoms with E-state index in [0.29, 0.717) is 11.7 Å². The second-order valence-corrected chi connectivity index (χ2v) is 6.00. The topological polar surface area (TPSA) is 33.3 Å². The van der Waals surface area contributed by atoms with Crippen molar-refractivity contribution in [1.29, 1.82) is 0 Å². The fourth-order valence-electron chi connectivity index (χ4n) is 2.81. The maximum absolute atomic E-state index is 5.69. The van der Waals surface area contributed by atoms with Gasteiger partial charge in [0, 0.05) is 17.7 Å². The zero-order chi connectivity index (χ0) is 15.5. The van der Waals surface area contributed by atoms with E-state index in [4.69, 9.17) is 17.0 Å². The van der Waals surface area contributed by atoms with Crippen molar-refractivity contribution in [2.45, 2.75) is 26.3 Å². The first kappa shape index (κ1) is 14.9. The van der Waals surface area contributed by atoms with Crippen molar-refractivity contribution in [3.05, 3.63) is 59.2 Å². The van der Waals surface area contributed by atoms with Crippen LogP contribution in [0.2, 0.25) is 0 Å². The van der Waals surface area contributed by atoms with Gasteiger partial charge in [-0.05, 0) is 43.3 Å². The Labute approximate surface area is 136 Å². The molecule has 0 saturated carbocycles. The highest BCUT2D eigenvalue weighted by atomic mass is 32.1. The summed E-state index contributed by atoms with van der Waals surface area (Å²) in [6.45, 7) is 4.88. The van der Waals surface area contributed by atoms with E-state index >= 15 is 0 Å². The number of para-hydroxylation sites is 2. The normalized spacial score (nSPS) is 16.4. The molecule has 114 valence electrons. The van der Waals surface area contributed by atoms with Crippen LogP contribution in [-0.2, 0) is 0 Å². The lowest BCUT2D eigenvalue weighted by Gasteiger charge is -2.28. The number of rotatable bonds is 2. The molecule has 0 spiro atoms. The van der Waals surface area contributed by atoms with Gasteiger partial charge in [-0.3, -0.25) is 0 Å². The molecule has 0 unspecified atom stereocenters. The summed E-state index contributed by atoms with van der Waals surface area (Å²) in [6, 6.07) is 14.5. The van der Waals surface area contributed by atoms with Gasteiger partial charge in [-0.15, -0.1) is 0 Å². The van der Waals surface area contributed by atoms with Gasteiger partial charge in [0.05, 0.1) is 12.6 Å². The zero-order valence-corrected chi connectivity index (χ0v) is 13.7. The lowest BCUT2D eigenvalue weighted by molar-refractivity contribution is 0.262. The largest absolute Gasteiger partial charge is 0.493 e. The highest BCUT2D eigenvalue weighted by molar-refractivity contribution is 7.80. The number of ether oxygens (including phenoxy) is 1. The van der Waals surface area contributed by atoms with Crippen LogP contribution in [0.25, 0.3) is 0 Å². The fourth-order valence-corrected chi connectivity index (χ4v) is 3.06. The third kappa shape index (κ3) is 3.07. The van der Waals surface area contributed by atoms with Crippen LogP contribution in [0.5, 0.6) is 5.75 Å². The summed E-state index contributed by atoms with van der Waals surface area (Å²) in [4.78, 5) is 0.